The normalized spacial score (nSPS) is 11.8. The number of anilines is 1. The zero-order valence-electron chi connectivity index (χ0n) is 15.2. The molecule has 0 saturated heterocycles. The standard InChI is InChI=1S/C14H12F5N5O6S/c1-28-12-21-11(22-13(23-12)29-6-14(17,18)19)24(10(20)25)31(26,27)8-5-3-2-4-7(8)30-9(15)16/h2-5,9H,6H2,1H3,(H2,20,25). The molecule has 0 atom stereocenters. The quantitative estimate of drug-likeness (QED) is 0.566. The van der Waals surface area contributed by atoms with Crippen molar-refractivity contribution in [3.05, 3.63) is 24.3 Å². The number of hydrogen-bond acceptors (Lipinski definition) is 9. The highest BCUT2D eigenvalue weighted by atomic mass is 32.2. The molecule has 2 rings (SSSR count). The molecule has 1 aromatic heterocycles. The third-order valence-electron chi connectivity index (χ3n) is 3.10. The summed E-state index contributed by atoms with van der Waals surface area (Å²) < 4.78 is 101. The first-order valence-corrected chi connectivity index (χ1v) is 9.17. The Balaban J connectivity index is 2.59. The van der Waals surface area contributed by atoms with Gasteiger partial charge in [-0.05, 0) is 12.1 Å². The van der Waals surface area contributed by atoms with Crippen LogP contribution in [0.15, 0.2) is 29.2 Å². The van der Waals surface area contributed by atoms with Crippen molar-refractivity contribution in [2.75, 3.05) is 18.0 Å². The minimum absolute atomic E-state index is 0.273. The number of halogens is 5. The fourth-order valence-electron chi connectivity index (χ4n) is 2.00. The number of primary amides is 1. The molecule has 0 aliphatic rings. The molecule has 2 aromatic rings. The van der Waals surface area contributed by atoms with Gasteiger partial charge in [0.1, 0.15) is 10.6 Å². The highest BCUT2D eigenvalue weighted by Gasteiger charge is 2.36. The molecular formula is C14H12F5N5O6S. The largest absolute Gasteiger partial charge is 0.467 e. The molecule has 1 heterocycles. The van der Waals surface area contributed by atoms with Crippen LogP contribution in [0.5, 0.6) is 17.8 Å². The maximum atomic E-state index is 12.9. The molecule has 170 valence electrons. The Morgan fingerprint density at radius 3 is 2.32 bits per heavy atom. The van der Waals surface area contributed by atoms with Crippen molar-refractivity contribution in [2.24, 2.45) is 5.73 Å². The van der Waals surface area contributed by atoms with E-state index in [1.165, 1.54) is 6.07 Å². The average Bonchev–Trinajstić information content (AvgIpc) is 2.65. The summed E-state index contributed by atoms with van der Waals surface area (Å²) in [7, 11) is -4.13. The third-order valence-corrected chi connectivity index (χ3v) is 4.81. The van der Waals surface area contributed by atoms with E-state index in [1.807, 2.05) is 0 Å². The van der Waals surface area contributed by atoms with Gasteiger partial charge in [-0.2, -0.15) is 31.9 Å². The predicted molar refractivity (Wildman–Crippen MR) is 90.3 cm³/mol. The van der Waals surface area contributed by atoms with E-state index >= 15 is 0 Å². The Labute approximate surface area is 170 Å². The van der Waals surface area contributed by atoms with Gasteiger partial charge in [0.25, 0.3) is 16.0 Å². The first kappa shape index (κ1) is 23.8. The van der Waals surface area contributed by atoms with Crippen LogP contribution < -0.4 is 24.2 Å². The number of nitrogens with zero attached hydrogens (tertiary/aromatic N) is 4. The molecule has 0 fully saturated rings. The van der Waals surface area contributed by atoms with Crippen LogP contribution in [-0.4, -0.2) is 55.9 Å². The number of nitrogens with two attached hydrogens (primary N) is 1. The van der Waals surface area contributed by atoms with Crippen LogP contribution in [0.1, 0.15) is 0 Å². The van der Waals surface area contributed by atoms with Gasteiger partial charge in [-0.1, -0.05) is 12.1 Å². The molecule has 0 aliphatic carbocycles. The SMILES string of the molecule is COc1nc(OCC(F)(F)F)nc(N(C(N)=O)S(=O)(=O)c2ccccc2OC(F)F)n1. The van der Waals surface area contributed by atoms with Crippen molar-refractivity contribution < 1.29 is 49.4 Å². The number of alkyl halides is 5. The topological polar surface area (TPSA) is 147 Å². The van der Waals surface area contributed by atoms with Crippen LogP contribution in [0.2, 0.25) is 0 Å². The molecule has 31 heavy (non-hydrogen) atoms. The van der Waals surface area contributed by atoms with E-state index in [-0.39, 0.29) is 4.31 Å². The Kier molecular flexibility index (Phi) is 6.98. The number of para-hydroxylation sites is 1. The fourth-order valence-corrected chi connectivity index (χ4v) is 3.35. The molecule has 11 nitrogen and oxygen atoms in total. The smallest absolute Gasteiger partial charge is 0.422 e. The number of urea groups is 1. The summed E-state index contributed by atoms with van der Waals surface area (Å²) in [6.45, 7) is -5.29. The van der Waals surface area contributed by atoms with Crippen LogP contribution in [0.4, 0.5) is 32.7 Å². The van der Waals surface area contributed by atoms with Gasteiger partial charge in [-0.3, -0.25) is 0 Å². The van der Waals surface area contributed by atoms with Crippen LogP contribution in [0.3, 0.4) is 0 Å². The number of ether oxygens (including phenoxy) is 3. The van der Waals surface area contributed by atoms with Crippen molar-refractivity contribution in [3.63, 3.8) is 0 Å². The lowest BCUT2D eigenvalue weighted by Gasteiger charge is -2.20. The van der Waals surface area contributed by atoms with Gasteiger partial charge in [-0.25, -0.2) is 13.2 Å². The Hall–Kier alpha value is -3.50. The van der Waals surface area contributed by atoms with Gasteiger partial charge in [-0.15, -0.1) is 9.29 Å². The molecule has 0 spiro atoms. The summed E-state index contributed by atoms with van der Waals surface area (Å²) in [5.74, 6) is -1.97. The zero-order chi connectivity index (χ0) is 23.4. The monoisotopic (exact) mass is 473 g/mol. The molecule has 0 unspecified atom stereocenters. The summed E-state index contributed by atoms with van der Waals surface area (Å²) in [6, 6.07) is 0.434. The van der Waals surface area contributed by atoms with Gasteiger partial charge in [0.05, 0.1) is 7.11 Å². The first-order chi connectivity index (χ1) is 14.3. The van der Waals surface area contributed by atoms with E-state index in [0.717, 1.165) is 25.3 Å². The Morgan fingerprint density at radius 2 is 1.77 bits per heavy atom. The van der Waals surface area contributed by atoms with Crippen LogP contribution in [-0.2, 0) is 10.0 Å². The summed E-state index contributed by atoms with van der Waals surface area (Å²) >= 11 is 0. The second-order valence-corrected chi connectivity index (χ2v) is 7.00. The van der Waals surface area contributed by atoms with Crippen molar-refractivity contribution >= 4 is 22.0 Å². The number of aromatic nitrogens is 3. The Morgan fingerprint density at radius 1 is 1.16 bits per heavy atom. The fraction of sp³-hybridized carbons (Fsp3) is 0.286. The molecule has 0 radical (unpaired) electrons. The summed E-state index contributed by atoms with van der Waals surface area (Å²) in [4.78, 5) is 21.1. The number of rotatable bonds is 8. The molecule has 2 amide bonds. The van der Waals surface area contributed by atoms with Gasteiger partial charge >= 0.3 is 30.8 Å². The van der Waals surface area contributed by atoms with Crippen LogP contribution in [0, 0.1) is 0 Å². The van der Waals surface area contributed by atoms with Gasteiger partial charge in [0.15, 0.2) is 6.61 Å². The molecule has 2 N–H and O–H groups in total. The second kappa shape index (κ2) is 9.11. The zero-order valence-corrected chi connectivity index (χ0v) is 16.0. The second-order valence-electron chi connectivity index (χ2n) is 5.24. The lowest BCUT2D eigenvalue weighted by Crippen LogP contribution is -2.42. The maximum absolute atomic E-state index is 12.9. The molecule has 0 saturated carbocycles. The molecular weight excluding hydrogens is 461 g/mol. The molecule has 17 heteroatoms. The van der Waals surface area contributed by atoms with E-state index in [2.05, 4.69) is 29.2 Å². The number of benzene rings is 1. The molecule has 0 aliphatic heterocycles. The van der Waals surface area contributed by atoms with E-state index in [9.17, 15) is 35.2 Å². The van der Waals surface area contributed by atoms with E-state index in [1.54, 1.807) is 0 Å². The maximum Gasteiger partial charge on any atom is 0.422 e. The van der Waals surface area contributed by atoms with E-state index < -0.39 is 64.1 Å². The van der Waals surface area contributed by atoms with Gasteiger partial charge in [0.2, 0.25) is 0 Å². The average molecular weight is 473 g/mol. The first-order valence-electron chi connectivity index (χ1n) is 7.73. The predicted octanol–water partition coefficient (Wildman–Crippen LogP) is 1.70. The van der Waals surface area contributed by atoms with Crippen molar-refractivity contribution in [1.82, 2.24) is 15.0 Å². The number of carbonyl (C=O) groups excluding carboxylic acids is 1. The highest BCUT2D eigenvalue weighted by molar-refractivity contribution is 7.93. The third kappa shape index (κ3) is 6.00. The Bertz CT molecular complexity index is 1050. The minimum Gasteiger partial charge on any atom is -0.467 e. The number of amides is 2. The lowest BCUT2D eigenvalue weighted by molar-refractivity contribution is -0.154. The van der Waals surface area contributed by atoms with Crippen molar-refractivity contribution in [2.45, 2.75) is 17.7 Å². The number of carbonyl (C=O) groups is 1. The van der Waals surface area contributed by atoms with E-state index in [4.69, 9.17) is 5.73 Å². The van der Waals surface area contributed by atoms with Gasteiger partial charge in [0, 0.05) is 0 Å². The number of sulfonamides is 1. The van der Waals surface area contributed by atoms with Crippen molar-refractivity contribution in [3.8, 4) is 17.8 Å². The summed E-state index contributed by atoms with van der Waals surface area (Å²) in [5.41, 5.74) is 5.09. The number of methoxy groups -OCH3 is 1. The highest BCUT2D eigenvalue weighted by Crippen LogP contribution is 2.30. The molecule has 0 bridgehead atoms. The lowest BCUT2D eigenvalue weighted by atomic mass is 10.3. The summed E-state index contributed by atoms with van der Waals surface area (Å²) in [5, 5.41) is 0. The number of hydrogen-bond donors (Lipinski definition) is 1. The molecule has 1 aromatic carbocycles. The van der Waals surface area contributed by atoms with Crippen molar-refractivity contribution in [1.29, 1.82) is 0 Å². The van der Waals surface area contributed by atoms with Crippen LogP contribution >= 0.6 is 0 Å². The van der Waals surface area contributed by atoms with Gasteiger partial charge < -0.3 is 19.9 Å². The minimum atomic E-state index is -5.10. The van der Waals surface area contributed by atoms with Crippen LogP contribution in [0.25, 0.3) is 0 Å². The summed E-state index contributed by atoms with van der Waals surface area (Å²) in [6.07, 6.45) is -4.80. The van der Waals surface area contributed by atoms with E-state index in [0.29, 0.717) is 0 Å².